The van der Waals surface area contributed by atoms with Crippen LogP contribution in [0.3, 0.4) is 0 Å². The summed E-state index contributed by atoms with van der Waals surface area (Å²) < 4.78 is 0. The number of allylic oxidation sites excluding steroid dienone is 4. The van der Waals surface area contributed by atoms with Gasteiger partial charge < -0.3 is 5.32 Å². The number of hydrogen-bond acceptors (Lipinski definition) is 5. The topological polar surface area (TPSA) is 50.7 Å². The maximum atomic E-state index is 4.70. The third kappa shape index (κ3) is 3.75. The number of nitrogens with one attached hydrogen (secondary N) is 1. The molecule has 0 spiro atoms. The van der Waals surface area contributed by atoms with Crippen molar-refractivity contribution in [2.75, 3.05) is 5.32 Å². The van der Waals surface area contributed by atoms with Crippen molar-refractivity contribution in [1.82, 2.24) is 15.0 Å². The summed E-state index contributed by atoms with van der Waals surface area (Å²) in [5.74, 6) is 0. The van der Waals surface area contributed by atoms with Crippen molar-refractivity contribution in [3.8, 4) is 11.3 Å². The molecule has 3 aromatic heterocycles. The second-order valence-corrected chi connectivity index (χ2v) is 6.29. The molecule has 0 aliphatic carbocycles. The molecule has 24 heavy (non-hydrogen) atoms. The molecule has 0 aliphatic rings. The Kier molecular flexibility index (Phi) is 4.82. The minimum absolute atomic E-state index is 0.791. The number of thiazole rings is 1. The summed E-state index contributed by atoms with van der Waals surface area (Å²) in [7, 11) is 0. The van der Waals surface area contributed by atoms with Gasteiger partial charge in [0.25, 0.3) is 0 Å². The van der Waals surface area contributed by atoms with Crippen molar-refractivity contribution >= 4 is 26.8 Å². The second kappa shape index (κ2) is 7.19. The molecule has 0 saturated carbocycles. The largest absolute Gasteiger partial charge is 0.332 e. The Morgan fingerprint density at radius 1 is 1.17 bits per heavy atom. The van der Waals surface area contributed by atoms with Crippen LogP contribution in [0.25, 0.3) is 21.6 Å². The molecule has 0 atom stereocenters. The first kappa shape index (κ1) is 16.1. The van der Waals surface area contributed by atoms with Crippen LogP contribution in [-0.4, -0.2) is 15.0 Å². The third-order valence-electron chi connectivity index (χ3n) is 3.33. The third-order valence-corrected chi connectivity index (χ3v) is 4.21. The van der Waals surface area contributed by atoms with Crippen molar-refractivity contribution in [2.24, 2.45) is 0 Å². The number of aromatic nitrogens is 3. The number of hydrogen-bond donors (Lipinski definition) is 1. The predicted molar refractivity (Wildman–Crippen MR) is 102 cm³/mol. The minimum atomic E-state index is 0.791. The monoisotopic (exact) mass is 334 g/mol. The van der Waals surface area contributed by atoms with E-state index in [0.717, 1.165) is 38.0 Å². The quantitative estimate of drug-likeness (QED) is 0.651. The highest BCUT2D eigenvalue weighted by molar-refractivity contribution is 7.21. The average Bonchev–Trinajstić information content (AvgIpc) is 2.96. The van der Waals surface area contributed by atoms with E-state index in [1.165, 1.54) is 11.3 Å². The molecule has 4 nitrogen and oxygen atoms in total. The van der Waals surface area contributed by atoms with E-state index in [4.69, 9.17) is 4.98 Å². The fraction of sp³-hybridized carbons (Fsp3) is 0.105. The van der Waals surface area contributed by atoms with Gasteiger partial charge in [0, 0.05) is 23.7 Å². The lowest BCUT2D eigenvalue weighted by Gasteiger charge is -2.01. The fourth-order valence-corrected chi connectivity index (χ4v) is 3.18. The van der Waals surface area contributed by atoms with E-state index in [9.17, 15) is 0 Å². The number of fused-ring (bicyclic) bond motifs is 1. The van der Waals surface area contributed by atoms with Crippen molar-refractivity contribution in [3.05, 3.63) is 72.7 Å². The van der Waals surface area contributed by atoms with Gasteiger partial charge in [0.1, 0.15) is 10.3 Å². The molecular formula is C19H18N4S. The van der Waals surface area contributed by atoms with Crippen LogP contribution in [0.1, 0.15) is 13.8 Å². The lowest BCUT2D eigenvalue weighted by molar-refractivity contribution is 1.31. The van der Waals surface area contributed by atoms with Crippen molar-refractivity contribution in [2.45, 2.75) is 13.8 Å². The molecule has 120 valence electrons. The molecule has 0 aliphatic heterocycles. The van der Waals surface area contributed by atoms with E-state index in [-0.39, 0.29) is 0 Å². The highest BCUT2D eigenvalue weighted by Gasteiger charge is 2.07. The Hall–Kier alpha value is -2.79. The van der Waals surface area contributed by atoms with Gasteiger partial charge in [-0.15, -0.1) is 0 Å². The van der Waals surface area contributed by atoms with Gasteiger partial charge in [-0.05, 0) is 49.8 Å². The number of rotatable bonds is 5. The Balaban J connectivity index is 1.84. The summed E-state index contributed by atoms with van der Waals surface area (Å²) in [5, 5.41) is 4.02. The summed E-state index contributed by atoms with van der Waals surface area (Å²) in [6.07, 6.45) is 9.56. The molecule has 5 heteroatoms. The van der Waals surface area contributed by atoms with Crippen LogP contribution in [0.4, 0.5) is 5.13 Å². The SMILES string of the molecule is C=C(/C=C(C)\C=C/C)Nc1nc2ccc(-c3ccncc3)nc2s1. The zero-order valence-electron chi connectivity index (χ0n) is 13.7. The molecule has 0 radical (unpaired) electrons. The van der Waals surface area contributed by atoms with Gasteiger partial charge in [0.2, 0.25) is 0 Å². The van der Waals surface area contributed by atoms with Crippen LogP contribution >= 0.6 is 11.3 Å². The van der Waals surface area contributed by atoms with E-state index >= 15 is 0 Å². The number of pyridine rings is 2. The summed E-state index contributed by atoms with van der Waals surface area (Å²) >= 11 is 1.52. The van der Waals surface area contributed by atoms with Gasteiger partial charge in [-0.25, -0.2) is 9.97 Å². The van der Waals surface area contributed by atoms with E-state index in [0.29, 0.717) is 0 Å². The highest BCUT2D eigenvalue weighted by atomic mass is 32.1. The molecule has 3 rings (SSSR count). The zero-order chi connectivity index (χ0) is 16.9. The standard InChI is InChI=1S/C19H18N4S/c1-4-5-13(2)12-14(3)21-19-23-17-7-6-16(22-18(17)24-19)15-8-10-20-11-9-15/h4-12H,3H2,1-2H3,(H,21,23)/b5-4-,13-12-. The normalized spacial score (nSPS) is 12.0. The maximum absolute atomic E-state index is 4.70. The molecule has 0 saturated heterocycles. The summed E-state index contributed by atoms with van der Waals surface area (Å²) in [4.78, 5) is 14.2. The first-order valence-corrected chi connectivity index (χ1v) is 8.42. The number of nitrogens with zero attached hydrogens (tertiary/aromatic N) is 3. The van der Waals surface area contributed by atoms with Gasteiger partial charge in [0.15, 0.2) is 5.13 Å². The van der Waals surface area contributed by atoms with Gasteiger partial charge >= 0.3 is 0 Å². The molecule has 0 unspecified atom stereocenters. The smallest absolute Gasteiger partial charge is 0.189 e. The van der Waals surface area contributed by atoms with Crippen LogP contribution in [0, 0.1) is 0 Å². The maximum Gasteiger partial charge on any atom is 0.189 e. The molecule has 3 aromatic rings. The van der Waals surface area contributed by atoms with E-state index < -0.39 is 0 Å². The van der Waals surface area contributed by atoms with Crippen molar-refractivity contribution < 1.29 is 0 Å². The average molecular weight is 334 g/mol. The zero-order valence-corrected chi connectivity index (χ0v) is 14.5. The van der Waals surface area contributed by atoms with Gasteiger partial charge in [-0.2, -0.15) is 0 Å². The molecule has 0 bridgehead atoms. The second-order valence-electron chi connectivity index (χ2n) is 5.31. The minimum Gasteiger partial charge on any atom is -0.332 e. The molecular weight excluding hydrogens is 316 g/mol. The van der Waals surface area contributed by atoms with Crippen molar-refractivity contribution in [3.63, 3.8) is 0 Å². The van der Waals surface area contributed by atoms with Gasteiger partial charge in [0.05, 0.1) is 5.69 Å². The fourth-order valence-electron chi connectivity index (χ4n) is 2.31. The summed E-state index contributed by atoms with van der Waals surface area (Å²) in [5.41, 5.74) is 4.78. The van der Waals surface area contributed by atoms with E-state index in [1.807, 2.05) is 56.3 Å². The first-order valence-electron chi connectivity index (χ1n) is 7.60. The van der Waals surface area contributed by atoms with Crippen LogP contribution in [0.15, 0.2) is 72.7 Å². The van der Waals surface area contributed by atoms with Crippen LogP contribution in [0.5, 0.6) is 0 Å². The molecule has 0 fully saturated rings. The summed E-state index contributed by atoms with van der Waals surface area (Å²) in [6.45, 7) is 8.05. The van der Waals surface area contributed by atoms with Crippen LogP contribution < -0.4 is 5.32 Å². The van der Waals surface area contributed by atoms with Gasteiger partial charge in [-0.3, -0.25) is 4.98 Å². The van der Waals surface area contributed by atoms with E-state index in [1.54, 1.807) is 12.4 Å². The first-order chi connectivity index (χ1) is 11.7. The Bertz CT molecular complexity index is 923. The highest BCUT2D eigenvalue weighted by Crippen LogP contribution is 2.28. The van der Waals surface area contributed by atoms with E-state index in [2.05, 4.69) is 21.9 Å². The molecule has 3 heterocycles. The molecule has 0 aromatic carbocycles. The lowest BCUT2D eigenvalue weighted by atomic mass is 10.2. The predicted octanol–water partition coefficient (Wildman–Crippen LogP) is 5.20. The Morgan fingerprint density at radius 3 is 2.71 bits per heavy atom. The van der Waals surface area contributed by atoms with Crippen LogP contribution in [-0.2, 0) is 0 Å². The Morgan fingerprint density at radius 2 is 1.96 bits per heavy atom. The molecule has 0 amide bonds. The van der Waals surface area contributed by atoms with Crippen molar-refractivity contribution in [1.29, 1.82) is 0 Å². The van der Waals surface area contributed by atoms with Gasteiger partial charge in [-0.1, -0.05) is 30.1 Å². The lowest BCUT2D eigenvalue weighted by Crippen LogP contribution is -1.94. The summed E-state index contributed by atoms with van der Waals surface area (Å²) in [6, 6.07) is 7.87. The van der Waals surface area contributed by atoms with Crippen LogP contribution in [0.2, 0.25) is 0 Å². The Labute approximate surface area is 145 Å². The molecule has 1 N–H and O–H groups in total. The number of anilines is 1.